The molecule has 9 heteroatoms. The first-order chi connectivity index (χ1) is 14.1. The average Bonchev–Trinajstić information content (AvgIpc) is 3.37. The molecule has 0 spiro atoms. The molecular weight excluding hydrogens is 388 g/mol. The van der Waals surface area contributed by atoms with Crippen LogP contribution in [-0.4, -0.2) is 72.7 Å². The van der Waals surface area contributed by atoms with E-state index in [1.165, 1.54) is 11.3 Å². The second kappa shape index (κ2) is 10.9. The molecular formula is C20H34N6O2S. The molecule has 29 heavy (non-hydrogen) atoms. The lowest BCUT2D eigenvalue weighted by Crippen LogP contribution is -2.45. The zero-order valence-electron chi connectivity index (χ0n) is 17.7. The second-order valence-electron chi connectivity index (χ2n) is 7.93. The zero-order chi connectivity index (χ0) is 20.6. The molecule has 3 rings (SSSR count). The molecule has 8 nitrogen and oxygen atoms in total. The van der Waals surface area contributed by atoms with Gasteiger partial charge in [0.2, 0.25) is 22.1 Å². The molecule has 3 heterocycles. The number of hydrogen-bond donors (Lipinski definition) is 1. The van der Waals surface area contributed by atoms with Gasteiger partial charge in [-0.3, -0.25) is 14.5 Å². The van der Waals surface area contributed by atoms with Gasteiger partial charge in [0.25, 0.3) is 0 Å². The van der Waals surface area contributed by atoms with Gasteiger partial charge >= 0.3 is 0 Å². The van der Waals surface area contributed by atoms with Gasteiger partial charge in [-0.2, -0.15) is 0 Å². The van der Waals surface area contributed by atoms with E-state index in [1.54, 1.807) is 4.90 Å². The molecule has 0 aromatic carbocycles. The summed E-state index contributed by atoms with van der Waals surface area (Å²) in [6.45, 7) is 10.4. The van der Waals surface area contributed by atoms with Crippen LogP contribution in [0.1, 0.15) is 52.4 Å². The molecule has 1 N–H and O–H groups in total. The summed E-state index contributed by atoms with van der Waals surface area (Å²) in [4.78, 5) is 30.9. The molecule has 0 unspecified atom stereocenters. The minimum atomic E-state index is -0.0182. The van der Waals surface area contributed by atoms with Gasteiger partial charge in [0.05, 0.1) is 5.92 Å². The Labute approximate surface area is 177 Å². The number of piperidine rings is 1. The van der Waals surface area contributed by atoms with Crippen LogP contribution in [-0.2, 0) is 9.59 Å². The molecule has 2 fully saturated rings. The third kappa shape index (κ3) is 5.88. The lowest BCUT2D eigenvalue weighted by atomic mass is 9.97. The van der Waals surface area contributed by atoms with E-state index >= 15 is 0 Å². The first-order valence-corrected chi connectivity index (χ1v) is 11.8. The Morgan fingerprint density at radius 1 is 1.14 bits per heavy atom. The van der Waals surface area contributed by atoms with E-state index < -0.39 is 0 Å². The SMILES string of the molecule is CCCN(CCC)CCNC(=O)[C@@H]1CCCN(c2nnc(N3CCCC3=O)s2)C1. The summed E-state index contributed by atoms with van der Waals surface area (Å²) in [5, 5.41) is 13.2. The van der Waals surface area contributed by atoms with Crippen LogP contribution in [0.3, 0.4) is 0 Å². The van der Waals surface area contributed by atoms with Crippen molar-refractivity contribution in [1.82, 2.24) is 20.4 Å². The summed E-state index contributed by atoms with van der Waals surface area (Å²) < 4.78 is 0. The highest BCUT2D eigenvalue weighted by Gasteiger charge is 2.30. The molecule has 1 aromatic rings. The van der Waals surface area contributed by atoms with E-state index in [1.807, 2.05) is 0 Å². The average molecular weight is 423 g/mol. The van der Waals surface area contributed by atoms with Crippen LogP contribution >= 0.6 is 11.3 Å². The van der Waals surface area contributed by atoms with Crippen LogP contribution in [0.15, 0.2) is 0 Å². The molecule has 1 atom stereocenters. The molecule has 1 aromatic heterocycles. The van der Waals surface area contributed by atoms with E-state index in [4.69, 9.17) is 0 Å². The normalized spacial score (nSPS) is 20.0. The van der Waals surface area contributed by atoms with E-state index in [0.29, 0.717) is 24.6 Å². The van der Waals surface area contributed by atoms with Crippen molar-refractivity contribution in [3.8, 4) is 0 Å². The number of hydrogen-bond acceptors (Lipinski definition) is 7. The summed E-state index contributed by atoms with van der Waals surface area (Å²) in [7, 11) is 0. The van der Waals surface area contributed by atoms with Crippen molar-refractivity contribution in [2.75, 3.05) is 55.6 Å². The van der Waals surface area contributed by atoms with Gasteiger partial charge in [-0.15, -0.1) is 10.2 Å². The molecule has 162 valence electrons. The molecule has 2 aliphatic heterocycles. The fourth-order valence-electron chi connectivity index (χ4n) is 4.11. The number of anilines is 2. The lowest BCUT2D eigenvalue weighted by molar-refractivity contribution is -0.125. The maximum Gasteiger partial charge on any atom is 0.228 e. The minimum Gasteiger partial charge on any atom is -0.355 e. The minimum absolute atomic E-state index is 0.0182. The summed E-state index contributed by atoms with van der Waals surface area (Å²) >= 11 is 1.46. The molecule has 0 aliphatic carbocycles. The Balaban J connectivity index is 1.49. The molecule has 0 radical (unpaired) electrons. The van der Waals surface area contributed by atoms with Crippen molar-refractivity contribution in [3.05, 3.63) is 0 Å². The summed E-state index contributed by atoms with van der Waals surface area (Å²) in [5.74, 6) is 0.251. The topological polar surface area (TPSA) is 81.7 Å². The smallest absolute Gasteiger partial charge is 0.228 e. The highest BCUT2D eigenvalue weighted by atomic mass is 32.1. The maximum absolute atomic E-state index is 12.7. The quantitative estimate of drug-likeness (QED) is 0.622. The van der Waals surface area contributed by atoms with Gasteiger partial charge in [0.1, 0.15) is 0 Å². The zero-order valence-corrected chi connectivity index (χ0v) is 18.5. The third-order valence-electron chi connectivity index (χ3n) is 5.58. The first-order valence-electron chi connectivity index (χ1n) is 11.0. The van der Waals surface area contributed by atoms with Crippen molar-refractivity contribution < 1.29 is 9.59 Å². The van der Waals surface area contributed by atoms with E-state index in [-0.39, 0.29) is 17.7 Å². The number of carbonyl (C=O) groups is 2. The number of nitrogens with zero attached hydrogens (tertiary/aromatic N) is 5. The Bertz CT molecular complexity index is 676. The summed E-state index contributed by atoms with van der Waals surface area (Å²) in [6.07, 6.45) is 5.62. The lowest BCUT2D eigenvalue weighted by Gasteiger charge is -2.31. The van der Waals surface area contributed by atoms with Crippen molar-refractivity contribution in [2.45, 2.75) is 52.4 Å². The summed E-state index contributed by atoms with van der Waals surface area (Å²) in [5.41, 5.74) is 0. The van der Waals surface area contributed by atoms with E-state index in [2.05, 4.69) is 39.2 Å². The predicted octanol–water partition coefficient (Wildman–Crippen LogP) is 2.12. The second-order valence-corrected chi connectivity index (χ2v) is 8.87. The fraction of sp³-hybridized carbons (Fsp3) is 0.800. The number of nitrogens with one attached hydrogen (secondary N) is 1. The van der Waals surface area contributed by atoms with Crippen molar-refractivity contribution in [2.24, 2.45) is 5.92 Å². The number of aromatic nitrogens is 2. The van der Waals surface area contributed by atoms with E-state index in [9.17, 15) is 9.59 Å². The molecule has 2 amide bonds. The van der Waals surface area contributed by atoms with Crippen LogP contribution in [0.25, 0.3) is 0 Å². The van der Waals surface area contributed by atoms with Crippen LogP contribution in [0.5, 0.6) is 0 Å². The van der Waals surface area contributed by atoms with Gasteiger partial charge in [-0.25, -0.2) is 0 Å². The monoisotopic (exact) mass is 422 g/mol. The Hall–Kier alpha value is -1.74. The largest absolute Gasteiger partial charge is 0.355 e. The van der Waals surface area contributed by atoms with Gasteiger partial charge in [-0.1, -0.05) is 25.2 Å². The van der Waals surface area contributed by atoms with Gasteiger partial charge in [0, 0.05) is 39.1 Å². The fourth-order valence-corrected chi connectivity index (χ4v) is 5.03. The molecule has 0 saturated carbocycles. The van der Waals surface area contributed by atoms with Crippen LogP contribution < -0.4 is 15.1 Å². The maximum atomic E-state index is 12.7. The van der Waals surface area contributed by atoms with E-state index in [0.717, 1.165) is 70.0 Å². The first kappa shape index (κ1) is 22.0. The van der Waals surface area contributed by atoms with Crippen LogP contribution in [0, 0.1) is 5.92 Å². The van der Waals surface area contributed by atoms with Gasteiger partial charge < -0.3 is 15.1 Å². The molecule has 2 aliphatic rings. The highest BCUT2D eigenvalue weighted by molar-refractivity contribution is 7.19. The van der Waals surface area contributed by atoms with Gasteiger partial charge in [-0.05, 0) is 45.2 Å². The summed E-state index contributed by atoms with van der Waals surface area (Å²) in [6, 6.07) is 0. The van der Waals surface area contributed by atoms with Crippen molar-refractivity contribution in [1.29, 1.82) is 0 Å². The highest BCUT2D eigenvalue weighted by Crippen LogP contribution is 2.32. The Kier molecular flexibility index (Phi) is 8.23. The van der Waals surface area contributed by atoms with Crippen molar-refractivity contribution in [3.63, 3.8) is 0 Å². The Morgan fingerprint density at radius 3 is 2.59 bits per heavy atom. The third-order valence-corrected chi connectivity index (χ3v) is 6.58. The standard InChI is InChI=1S/C20H34N6O2S/c1-3-10-24(11-4-2)14-9-21-18(28)16-7-5-12-25(15-16)19-22-23-20(29-19)26-13-6-8-17(26)27/h16H,3-15H2,1-2H3,(H,21,28)/t16-/m1/s1. The number of amides is 2. The molecule has 2 saturated heterocycles. The number of rotatable bonds is 10. The van der Waals surface area contributed by atoms with Crippen molar-refractivity contribution >= 4 is 33.4 Å². The molecule has 0 bridgehead atoms. The van der Waals surface area contributed by atoms with Gasteiger partial charge in [0.15, 0.2) is 0 Å². The predicted molar refractivity (Wildman–Crippen MR) is 116 cm³/mol. The Morgan fingerprint density at radius 2 is 1.90 bits per heavy atom. The van der Waals surface area contributed by atoms with Crippen LogP contribution in [0.2, 0.25) is 0 Å². The van der Waals surface area contributed by atoms with Crippen LogP contribution in [0.4, 0.5) is 10.3 Å². The number of carbonyl (C=O) groups excluding carboxylic acids is 2.